The molecule has 0 radical (unpaired) electrons. The molecule has 1 aliphatic carbocycles. The van der Waals surface area contributed by atoms with Gasteiger partial charge < -0.3 is 0 Å². The second-order valence-corrected chi connectivity index (χ2v) is 5.01. The Balaban J connectivity index is 2.09. The molecular weight excluding hydrogens is 278 g/mol. The Morgan fingerprint density at radius 2 is 2.24 bits per heavy atom. The Kier molecular flexibility index (Phi) is 2.89. The predicted octanol–water partition coefficient (Wildman–Crippen LogP) is 3.10. The molecular formula is C13H12BrN3. The molecule has 0 aromatic carbocycles. The van der Waals surface area contributed by atoms with Crippen molar-refractivity contribution in [3.05, 3.63) is 52.3 Å². The van der Waals surface area contributed by atoms with E-state index in [0.717, 1.165) is 23.0 Å². The molecule has 0 saturated carbocycles. The lowest BCUT2D eigenvalue weighted by molar-refractivity contribution is 0.593. The largest absolute Gasteiger partial charge is 0.260 e. The molecule has 0 saturated heterocycles. The smallest absolute Gasteiger partial charge is 0.116 e. The highest BCUT2D eigenvalue weighted by Gasteiger charge is 2.24. The van der Waals surface area contributed by atoms with Gasteiger partial charge in [-0.3, -0.25) is 4.98 Å². The summed E-state index contributed by atoms with van der Waals surface area (Å²) in [6.45, 7) is 0. The molecule has 0 fully saturated rings. The van der Waals surface area contributed by atoms with Crippen molar-refractivity contribution in [1.82, 2.24) is 15.0 Å². The van der Waals surface area contributed by atoms with Gasteiger partial charge >= 0.3 is 0 Å². The summed E-state index contributed by atoms with van der Waals surface area (Å²) in [6.07, 6.45) is 8.78. The maximum atomic E-state index is 4.54. The van der Waals surface area contributed by atoms with Gasteiger partial charge in [-0.25, -0.2) is 9.97 Å². The van der Waals surface area contributed by atoms with Gasteiger partial charge in [0, 0.05) is 23.9 Å². The third-order valence-corrected chi connectivity index (χ3v) is 3.92. The number of nitrogens with zero attached hydrogens (tertiary/aromatic N) is 3. The first-order valence-corrected chi connectivity index (χ1v) is 6.55. The van der Waals surface area contributed by atoms with Gasteiger partial charge in [0.25, 0.3) is 0 Å². The Labute approximate surface area is 108 Å². The number of pyridine rings is 1. The van der Waals surface area contributed by atoms with Gasteiger partial charge in [0.2, 0.25) is 0 Å². The normalized spacial score (nSPS) is 18.8. The van der Waals surface area contributed by atoms with Gasteiger partial charge in [-0.05, 0) is 46.8 Å². The zero-order valence-corrected chi connectivity index (χ0v) is 10.9. The third-order valence-electron chi connectivity index (χ3n) is 3.26. The average Bonchev–Trinajstić information content (AvgIpc) is 2.39. The summed E-state index contributed by atoms with van der Waals surface area (Å²) in [4.78, 5) is 12.9. The predicted molar refractivity (Wildman–Crippen MR) is 68.8 cm³/mol. The maximum Gasteiger partial charge on any atom is 0.116 e. The summed E-state index contributed by atoms with van der Waals surface area (Å²) in [5.41, 5.74) is 3.70. The Morgan fingerprint density at radius 1 is 1.29 bits per heavy atom. The number of hydrogen-bond acceptors (Lipinski definition) is 3. The molecule has 0 N–H and O–H groups in total. The highest BCUT2D eigenvalue weighted by atomic mass is 79.9. The van der Waals surface area contributed by atoms with Crippen LogP contribution in [0.5, 0.6) is 0 Å². The van der Waals surface area contributed by atoms with E-state index in [1.165, 1.54) is 17.7 Å². The van der Waals surface area contributed by atoms with Crippen molar-refractivity contribution in [1.29, 1.82) is 0 Å². The summed E-state index contributed by atoms with van der Waals surface area (Å²) in [6, 6.07) is 4.18. The van der Waals surface area contributed by atoms with Gasteiger partial charge in [-0.2, -0.15) is 0 Å². The van der Waals surface area contributed by atoms with E-state index in [9.17, 15) is 0 Å². The fourth-order valence-corrected chi connectivity index (χ4v) is 2.94. The molecule has 1 atom stereocenters. The Bertz CT molecular complexity index is 542. The minimum atomic E-state index is 0.329. The summed E-state index contributed by atoms with van der Waals surface area (Å²) in [7, 11) is 0. The van der Waals surface area contributed by atoms with Gasteiger partial charge in [0.05, 0.1) is 5.69 Å². The number of rotatable bonds is 1. The van der Waals surface area contributed by atoms with Crippen molar-refractivity contribution < 1.29 is 0 Å². The van der Waals surface area contributed by atoms with E-state index in [0.29, 0.717) is 5.92 Å². The van der Waals surface area contributed by atoms with Crippen LogP contribution in [0.4, 0.5) is 0 Å². The lowest BCUT2D eigenvalue weighted by Gasteiger charge is -2.24. The summed E-state index contributed by atoms with van der Waals surface area (Å²) in [5, 5.41) is 0. The number of fused-ring (bicyclic) bond motifs is 1. The molecule has 3 rings (SSSR count). The fraction of sp³-hybridized carbons (Fsp3) is 0.308. The standard InChI is InChI=1S/C13H12BrN3/c14-13-11(7-15-8-17-13)10-5-1-3-9-4-2-6-16-12(9)10/h2,4,6-8,10H,1,3,5H2. The van der Waals surface area contributed by atoms with Crippen molar-refractivity contribution in [2.75, 3.05) is 0 Å². The molecule has 1 unspecified atom stereocenters. The van der Waals surface area contributed by atoms with E-state index < -0.39 is 0 Å². The topological polar surface area (TPSA) is 38.7 Å². The maximum absolute atomic E-state index is 4.54. The molecule has 86 valence electrons. The van der Waals surface area contributed by atoms with Crippen LogP contribution in [0.3, 0.4) is 0 Å². The highest BCUT2D eigenvalue weighted by molar-refractivity contribution is 9.10. The molecule has 17 heavy (non-hydrogen) atoms. The van der Waals surface area contributed by atoms with Crippen LogP contribution in [0.15, 0.2) is 35.5 Å². The third kappa shape index (κ3) is 1.97. The number of aryl methyl sites for hydroxylation is 1. The van der Waals surface area contributed by atoms with Crippen molar-refractivity contribution in [3.63, 3.8) is 0 Å². The van der Waals surface area contributed by atoms with Crippen LogP contribution in [0.1, 0.15) is 35.6 Å². The molecule has 2 heterocycles. The first kappa shape index (κ1) is 10.8. The first-order valence-electron chi connectivity index (χ1n) is 5.75. The van der Waals surface area contributed by atoms with Crippen LogP contribution in [0, 0.1) is 0 Å². The molecule has 1 aliphatic rings. The second-order valence-electron chi connectivity index (χ2n) is 4.26. The van der Waals surface area contributed by atoms with Crippen LogP contribution in [-0.4, -0.2) is 15.0 Å². The molecule has 0 aliphatic heterocycles. The van der Waals surface area contributed by atoms with E-state index in [4.69, 9.17) is 0 Å². The SMILES string of the molecule is Brc1ncncc1C1CCCc2cccnc21. The molecule has 2 aromatic heterocycles. The summed E-state index contributed by atoms with van der Waals surface area (Å²) >= 11 is 3.50. The molecule has 2 aromatic rings. The minimum absolute atomic E-state index is 0.329. The van der Waals surface area contributed by atoms with Crippen molar-refractivity contribution >= 4 is 15.9 Å². The van der Waals surface area contributed by atoms with Crippen LogP contribution in [0.25, 0.3) is 0 Å². The van der Waals surface area contributed by atoms with E-state index in [-0.39, 0.29) is 0 Å². The molecule has 0 bridgehead atoms. The Morgan fingerprint density at radius 3 is 3.12 bits per heavy atom. The summed E-state index contributed by atoms with van der Waals surface area (Å²) in [5.74, 6) is 0.329. The summed E-state index contributed by atoms with van der Waals surface area (Å²) < 4.78 is 0.885. The second kappa shape index (κ2) is 4.53. The molecule has 3 nitrogen and oxygen atoms in total. The van der Waals surface area contributed by atoms with E-state index in [2.05, 4.69) is 36.9 Å². The van der Waals surface area contributed by atoms with Crippen molar-refractivity contribution in [2.45, 2.75) is 25.2 Å². The van der Waals surface area contributed by atoms with Crippen molar-refractivity contribution in [2.24, 2.45) is 0 Å². The molecule has 0 amide bonds. The molecule has 0 spiro atoms. The van der Waals surface area contributed by atoms with Gasteiger partial charge in [-0.1, -0.05) is 6.07 Å². The van der Waals surface area contributed by atoms with Gasteiger partial charge in [0.1, 0.15) is 10.9 Å². The van der Waals surface area contributed by atoms with Crippen LogP contribution in [-0.2, 0) is 6.42 Å². The quantitative estimate of drug-likeness (QED) is 0.757. The lowest BCUT2D eigenvalue weighted by atomic mass is 9.83. The molecule has 4 heteroatoms. The van der Waals surface area contributed by atoms with E-state index in [1.807, 2.05) is 18.5 Å². The zero-order chi connectivity index (χ0) is 11.7. The van der Waals surface area contributed by atoms with Crippen LogP contribution >= 0.6 is 15.9 Å². The minimum Gasteiger partial charge on any atom is -0.260 e. The van der Waals surface area contributed by atoms with Crippen molar-refractivity contribution in [3.8, 4) is 0 Å². The first-order chi connectivity index (χ1) is 8.36. The number of aromatic nitrogens is 3. The van der Waals surface area contributed by atoms with Crippen LogP contribution < -0.4 is 0 Å². The van der Waals surface area contributed by atoms with E-state index in [1.54, 1.807) is 6.33 Å². The Hall–Kier alpha value is -1.29. The monoisotopic (exact) mass is 289 g/mol. The van der Waals surface area contributed by atoms with Gasteiger partial charge in [0.15, 0.2) is 0 Å². The number of hydrogen-bond donors (Lipinski definition) is 0. The van der Waals surface area contributed by atoms with Gasteiger partial charge in [-0.15, -0.1) is 0 Å². The average molecular weight is 290 g/mol. The lowest BCUT2D eigenvalue weighted by Crippen LogP contribution is -2.13. The van der Waals surface area contributed by atoms with Crippen LogP contribution in [0.2, 0.25) is 0 Å². The fourth-order valence-electron chi connectivity index (χ4n) is 2.47. The zero-order valence-electron chi connectivity index (χ0n) is 9.31. The number of halogens is 1. The van der Waals surface area contributed by atoms with E-state index >= 15 is 0 Å². The highest BCUT2D eigenvalue weighted by Crippen LogP contribution is 2.37.